The summed E-state index contributed by atoms with van der Waals surface area (Å²) in [5.74, 6) is -3.36. The fourth-order valence-electron chi connectivity index (χ4n) is 17.5. The molecular formula is C97H176O40. The summed E-state index contributed by atoms with van der Waals surface area (Å²) in [5.41, 5.74) is 0. The SMILES string of the molecule is CCCCC(CCC[C@H](O)C(O)CCCCCCCCCCCCCC[C@H](O)C(C)=O)O[C@H]1OC[C@H](O)[C@@H](O)[C@@H]1O[C@H]1OC[C@H](O)[C@@H](O)[C@@H]1O[C@H]1O[C@@H](COC(=O)CC(C)C)[C@H](OC(C)=O)[C@@H](O)[C@@H]1O.CCCC[C@@H](CCC[C@H](O)[C@@H](O)CCCCCCCCCCCCCC[C@H](O)C(=O)O)O[C@H]1OC[C@H](O)[C@@H](O)[C@@H]1O[C@H]1OC[C@H](O)[C@@H](O)[C@@H]1O[C@H]1O[C@@H](COC(=O)CC(C)C)[C@H](O)[C@@H](O)[C@@H]1O. The van der Waals surface area contributed by atoms with Gasteiger partial charge in [0.2, 0.25) is 0 Å². The number of unbranched alkanes of at least 4 members (excludes halogenated alkanes) is 24. The van der Waals surface area contributed by atoms with Crippen LogP contribution in [0.15, 0.2) is 0 Å². The Morgan fingerprint density at radius 3 is 0.920 bits per heavy atom. The molecule has 0 amide bonds. The lowest BCUT2D eigenvalue weighted by Crippen LogP contribution is -2.65. The molecule has 2 unspecified atom stereocenters. The maximum atomic E-state index is 12.4. The van der Waals surface area contributed by atoms with Crippen molar-refractivity contribution < 1.29 is 197 Å². The lowest BCUT2D eigenvalue weighted by atomic mass is 9.98. The topological polar surface area (TPSA) is 628 Å². The number of carboxylic acids is 1. The van der Waals surface area contributed by atoms with Crippen LogP contribution in [0.2, 0.25) is 0 Å². The fraction of sp³-hybridized carbons (Fsp3) is 0.948. The largest absolute Gasteiger partial charge is 0.479 e. The van der Waals surface area contributed by atoms with Gasteiger partial charge in [-0.3, -0.25) is 19.2 Å². The molecule has 6 saturated heterocycles. The molecule has 0 saturated carbocycles. The lowest BCUT2D eigenvalue weighted by Gasteiger charge is -2.46. The third kappa shape index (κ3) is 46.3. The van der Waals surface area contributed by atoms with Gasteiger partial charge in [-0.05, 0) is 95.8 Å². The highest BCUT2D eigenvalue weighted by Crippen LogP contribution is 2.37. The van der Waals surface area contributed by atoms with Gasteiger partial charge >= 0.3 is 23.9 Å². The molecule has 6 fully saturated rings. The van der Waals surface area contributed by atoms with Crippen molar-refractivity contribution >= 4 is 29.7 Å². The highest BCUT2D eigenvalue weighted by molar-refractivity contribution is 5.80. The smallest absolute Gasteiger partial charge is 0.332 e. The summed E-state index contributed by atoms with van der Waals surface area (Å²) in [4.78, 5) is 58.3. The number of carbonyl (C=O) groups is 5. The molecule has 804 valence electrons. The predicted octanol–water partition coefficient (Wildman–Crippen LogP) is 4.44. The van der Waals surface area contributed by atoms with Gasteiger partial charge < -0.3 is 173 Å². The van der Waals surface area contributed by atoms with Crippen LogP contribution in [0.25, 0.3) is 0 Å². The van der Waals surface area contributed by atoms with Gasteiger partial charge in [0.1, 0.15) is 135 Å². The molecule has 0 aliphatic carbocycles. The quantitative estimate of drug-likeness (QED) is 0.0227. The first kappa shape index (κ1) is 124. The van der Waals surface area contributed by atoms with Crippen LogP contribution >= 0.6 is 0 Å². The second-order valence-corrected chi connectivity index (χ2v) is 39.2. The average molecular weight is 1980 g/mol. The Morgan fingerprint density at radius 2 is 0.591 bits per heavy atom. The standard InChI is InChI=1S/C50H90O20.C47H86O20/c1-6-7-21-33(22-20-25-36(55)35(54)24-19-17-15-13-11-9-8-10-12-14-16-18-23-34(53)31(4)51)67-49-46(41(59)37(56)27-64-49)70-50-47(42(60)38(57)28-65-50)69-48-44(62)43(61)45(66-32(5)52)39(68-48)29-63-40(58)26-30(2)3;1-4-5-19-29(20-18-23-31(49)30(48)21-16-14-12-10-8-6-7-9-11-13-15-17-22-32(50)44(59)60)64-46-42(37(54)33(51)25-62-46)67-47-43(38(55)34(52)26-63-47)66-45-41(58)40(57)39(56)35(65-45)27-61-36(53)24-28(2)3/h30,33-39,41-50,53-57,59-62H,6-29H2,1-5H3;28-35,37-43,45-52,54-58H,4-27H2,1-3H3,(H,59,60)/t33?,34-,35?,36-,37-,38-,39-,41+,42+,43-,44-,45-,46-,47-,48+,49+,50+;29-,30-,31-,32-,33-,34-,35-,37+,38+,39-,40+,41-,42-,43-,45+,46+,47+/m00/s1. The van der Waals surface area contributed by atoms with Crippen LogP contribution in [0, 0.1) is 11.8 Å². The van der Waals surface area contributed by atoms with Gasteiger partial charge in [0.05, 0.1) is 63.1 Å². The second-order valence-electron chi connectivity index (χ2n) is 39.2. The average Bonchev–Trinajstić information content (AvgIpc) is 0.760. The summed E-state index contributed by atoms with van der Waals surface area (Å²) in [6, 6.07) is 0. The highest BCUT2D eigenvalue weighted by Gasteiger charge is 2.55. The number of aliphatic carboxylic acids is 1. The Morgan fingerprint density at radius 1 is 0.307 bits per heavy atom. The molecule has 0 bridgehead atoms. The summed E-state index contributed by atoms with van der Waals surface area (Å²) >= 11 is 0. The first-order valence-corrected chi connectivity index (χ1v) is 51.1. The third-order valence-electron chi connectivity index (χ3n) is 26.0. The van der Waals surface area contributed by atoms with Crippen molar-refractivity contribution in [2.45, 2.75) is 534 Å². The van der Waals surface area contributed by atoms with Gasteiger partial charge in [-0.15, -0.1) is 0 Å². The summed E-state index contributed by atoms with van der Waals surface area (Å²) in [6.45, 7) is 11.3. The van der Waals surface area contributed by atoms with Gasteiger partial charge in [-0.1, -0.05) is 221 Å². The Hall–Kier alpha value is -3.69. The van der Waals surface area contributed by atoms with Crippen molar-refractivity contribution in [1.82, 2.24) is 0 Å². The first-order valence-electron chi connectivity index (χ1n) is 51.1. The minimum absolute atomic E-state index is 0.0120. The van der Waals surface area contributed by atoms with Crippen molar-refractivity contribution in [3.05, 3.63) is 0 Å². The van der Waals surface area contributed by atoms with E-state index in [2.05, 4.69) is 0 Å². The molecule has 6 aliphatic heterocycles. The zero-order valence-electron chi connectivity index (χ0n) is 82.3. The number of Topliss-reactive ketones (excluding diaryl/α,β-unsaturated/α-hetero) is 1. The minimum Gasteiger partial charge on any atom is -0.479 e. The van der Waals surface area contributed by atoms with E-state index < -0.39 is 259 Å². The van der Waals surface area contributed by atoms with E-state index in [-0.39, 0.29) is 43.7 Å². The Kier molecular flexibility index (Phi) is 62.0. The molecular weight excluding hydrogens is 1810 g/mol. The lowest BCUT2D eigenvalue weighted by molar-refractivity contribution is -0.380. The molecule has 6 rings (SSSR count). The zero-order chi connectivity index (χ0) is 101. The van der Waals surface area contributed by atoms with Crippen LogP contribution in [-0.4, -0.2) is 380 Å². The van der Waals surface area contributed by atoms with Gasteiger partial charge in [0.15, 0.2) is 55.7 Å². The number of aliphatic hydroxyl groups excluding tert-OH is 19. The van der Waals surface area contributed by atoms with E-state index in [0.29, 0.717) is 77.0 Å². The molecule has 137 heavy (non-hydrogen) atoms. The van der Waals surface area contributed by atoms with Crippen LogP contribution in [0.5, 0.6) is 0 Å². The molecule has 6 heterocycles. The Balaban J connectivity index is 0.000000484. The van der Waals surface area contributed by atoms with Crippen LogP contribution in [0.4, 0.5) is 0 Å². The Bertz CT molecular complexity index is 3170. The number of carboxylic acid groups (broad SMARTS) is 1. The number of hydrogen-bond acceptors (Lipinski definition) is 39. The third-order valence-corrected chi connectivity index (χ3v) is 26.0. The molecule has 0 radical (unpaired) electrons. The van der Waals surface area contributed by atoms with E-state index in [1.807, 2.05) is 41.5 Å². The van der Waals surface area contributed by atoms with E-state index in [1.165, 1.54) is 39.0 Å². The number of rotatable bonds is 69. The molecule has 40 heteroatoms. The normalized spacial score (nSPS) is 31.7. The van der Waals surface area contributed by atoms with E-state index in [9.17, 15) is 121 Å². The molecule has 0 aromatic carbocycles. The monoisotopic (exact) mass is 1980 g/mol. The molecule has 0 aromatic heterocycles. The number of esters is 3. The van der Waals surface area contributed by atoms with Gasteiger partial charge in [-0.25, -0.2) is 4.79 Å². The van der Waals surface area contributed by atoms with Crippen LogP contribution in [-0.2, 0) is 95.0 Å². The summed E-state index contributed by atoms with van der Waals surface area (Å²) in [5, 5.41) is 212. The van der Waals surface area contributed by atoms with Gasteiger partial charge in [0.25, 0.3) is 0 Å². The van der Waals surface area contributed by atoms with E-state index in [0.717, 1.165) is 155 Å². The first-order chi connectivity index (χ1) is 65.3. The van der Waals surface area contributed by atoms with Crippen LogP contribution < -0.4 is 0 Å². The number of carbonyl (C=O) groups excluding carboxylic acids is 4. The summed E-state index contributed by atoms with van der Waals surface area (Å²) in [6.07, 6.45) is -13.8. The minimum atomic E-state index is -1.91. The van der Waals surface area contributed by atoms with Crippen molar-refractivity contribution in [2.24, 2.45) is 11.8 Å². The predicted molar refractivity (Wildman–Crippen MR) is 490 cm³/mol. The summed E-state index contributed by atoms with van der Waals surface area (Å²) in [7, 11) is 0. The van der Waals surface area contributed by atoms with E-state index in [4.69, 9.17) is 76.2 Å². The Labute approximate surface area is 808 Å². The zero-order valence-corrected chi connectivity index (χ0v) is 82.3. The molecule has 40 nitrogen and oxygen atoms in total. The van der Waals surface area contributed by atoms with Crippen molar-refractivity contribution in [2.75, 3.05) is 39.6 Å². The summed E-state index contributed by atoms with van der Waals surface area (Å²) < 4.78 is 87.3. The molecule has 20 N–H and O–H groups in total. The van der Waals surface area contributed by atoms with E-state index in [1.54, 1.807) is 0 Å². The number of ketones is 1. The molecule has 0 spiro atoms. The number of ether oxygens (including phenoxy) is 15. The maximum Gasteiger partial charge on any atom is 0.332 e. The van der Waals surface area contributed by atoms with Gasteiger partial charge in [0, 0.05) is 19.8 Å². The van der Waals surface area contributed by atoms with Crippen molar-refractivity contribution in [3.63, 3.8) is 0 Å². The highest BCUT2D eigenvalue weighted by atomic mass is 16.8. The van der Waals surface area contributed by atoms with E-state index >= 15 is 0 Å². The van der Waals surface area contributed by atoms with Crippen molar-refractivity contribution in [1.29, 1.82) is 0 Å². The fourth-order valence-corrected chi connectivity index (χ4v) is 17.5. The molecule has 34 atom stereocenters. The molecule has 0 aromatic rings. The maximum absolute atomic E-state index is 12.4. The second kappa shape index (κ2) is 68.6. The van der Waals surface area contributed by atoms with Crippen LogP contribution in [0.3, 0.4) is 0 Å². The van der Waals surface area contributed by atoms with Crippen molar-refractivity contribution in [3.8, 4) is 0 Å². The number of aliphatic hydroxyl groups is 19. The van der Waals surface area contributed by atoms with Gasteiger partial charge in [-0.2, -0.15) is 0 Å². The van der Waals surface area contributed by atoms with Crippen LogP contribution in [0.1, 0.15) is 325 Å². The molecule has 6 aliphatic rings. The number of hydrogen-bond donors (Lipinski definition) is 20.